The van der Waals surface area contributed by atoms with Crippen molar-refractivity contribution in [2.75, 3.05) is 0 Å². The fourth-order valence-corrected chi connectivity index (χ4v) is 2.29. The van der Waals surface area contributed by atoms with Crippen molar-refractivity contribution in [2.24, 2.45) is 5.92 Å². The molecule has 0 aliphatic heterocycles. The third-order valence-corrected chi connectivity index (χ3v) is 3.23. The monoisotopic (exact) mass is 204 g/mol. The average molecular weight is 204 g/mol. The lowest BCUT2D eigenvalue weighted by molar-refractivity contribution is 0.0416. The van der Waals surface area contributed by atoms with E-state index in [-0.39, 0.29) is 0 Å². The molecule has 1 aromatic carbocycles. The van der Waals surface area contributed by atoms with E-state index in [9.17, 15) is 5.11 Å². The molecule has 0 bridgehead atoms. The van der Waals surface area contributed by atoms with Gasteiger partial charge in [0, 0.05) is 0 Å². The van der Waals surface area contributed by atoms with Crippen molar-refractivity contribution in [1.29, 1.82) is 0 Å². The maximum absolute atomic E-state index is 10.4. The fraction of sp³-hybridized carbons (Fsp3) is 0.571. The van der Waals surface area contributed by atoms with Gasteiger partial charge in [-0.05, 0) is 38.7 Å². The molecule has 1 saturated carbocycles. The standard InChI is InChI=1S/C14H20O/c1-10-6-11(2)8-13(7-10)14(3,15)9-12-4-5-12/h6-8,12,15H,4-5,9H2,1-3H3. The summed E-state index contributed by atoms with van der Waals surface area (Å²) in [6.45, 7) is 6.12. The molecule has 0 radical (unpaired) electrons. The van der Waals surface area contributed by atoms with Crippen LogP contribution in [0.4, 0.5) is 0 Å². The van der Waals surface area contributed by atoms with Crippen LogP contribution < -0.4 is 0 Å². The van der Waals surface area contributed by atoms with Gasteiger partial charge < -0.3 is 5.11 Å². The Morgan fingerprint density at radius 2 is 1.73 bits per heavy atom. The van der Waals surface area contributed by atoms with E-state index >= 15 is 0 Å². The Kier molecular flexibility index (Phi) is 2.59. The Bertz CT molecular complexity index is 341. The highest BCUT2D eigenvalue weighted by Crippen LogP contribution is 2.40. The quantitative estimate of drug-likeness (QED) is 0.801. The topological polar surface area (TPSA) is 20.2 Å². The molecule has 0 heterocycles. The van der Waals surface area contributed by atoms with Crippen LogP contribution in [0.15, 0.2) is 18.2 Å². The van der Waals surface area contributed by atoms with E-state index in [1.165, 1.54) is 24.0 Å². The molecular weight excluding hydrogens is 184 g/mol. The van der Waals surface area contributed by atoms with Gasteiger partial charge in [0.25, 0.3) is 0 Å². The number of aryl methyl sites for hydroxylation is 2. The number of benzene rings is 1. The third kappa shape index (κ3) is 2.60. The lowest BCUT2D eigenvalue weighted by Gasteiger charge is -2.24. The third-order valence-electron chi connectivity index (χ3n) is 3.23. The molecule has 0 amide bonds. The normalized spacial score (nSPS) is 20.0. The highest BCUT2D eigenvalue weighted by Gasteiger charge is 2.32. The predicted molar refractivity (Wildman–Crippen MR) is 62.8 cm³/mol. The molecule has 0 saturated heterocycles. The average Bonchev–Trinajstić information content (AvgIpc) is 2.85. The van der Waals surface area contributed by atoms with Crippen molar-refractivity contribution >= 4 is 0 Å². The Labute approximate surface area is 92.1 Å². The first-order valence-corrected chi connectivity index (χ1v) is 5.78. The summed E-state index contributed by atoms with van der Waals surface area (Å²) in [6.07, 6.45) is 3.50. The van der Waals surface area contributed by atoms with Crippen molar-refractivity contribution in [3.05, 3.63) is 34.9 Å². The molecule has 1 aliphatic rings. The van der Waals surface area contributed by atoms with E-state index in [4.69, 9.17) is 0 Å². The maximum atomic E-state index is 10.4. The molecule has 82 valence electrons. The summed E-state index contributed by atoms with van der Waals surface area (Å²) in [7, 11) is 0. The number of rotatable bonds is 3. The summed E-state index contributed by atoms with van der Waals surface area (Å²) >= 11 is 0. The Morgan fingerprint density at radius 3 is 2.20 bits per heavy atom. The van der Waals surface area contributed by atoms with Gasteiger partial charge in [0.1, 0.15) is 0 Å². The predicted octanol–water partition coefficient (Wildman–Crippen LogP) is 3.31. The highest BCUT2D eigenvalue weighted by molar-refractivity contribution is 5.32. The van der Waals surface area contributed by atoms with E-state index in [1.807, 2.05) is 6.92 Å². The molecule has 1 aromatic rings. The lowest BCUT2D eigenvalue weighted by atomic mass is 9.88. The molecule has 2 rings (SSSR count). The van der Waals surface area contributed by atoms with Crippen LogP contribution in [0.25, 0.3) is 0 Å². The summed E-state index contributed by atoms with van der Waals surface area (Å²) in [5, 5.41) is 10.4. The van der Waals surface area contributed by atoms with Gasteiger partial charge in [0.05, 0.1) is 5.60 Å². The van der Waals surface area contributed by atoms with Crippen LogP contribution in [-0.4, -0.2) is 5.11 Å². The van der Waals surface area contributed by atoms with Gasteiger partial charge >= 0.3 is 0 Å². The van der Waals surface area contributed by atoms with Crippen LogP contribution in [0.2, 0.25) is 0 Å². The maximum Gasteiger partial charge on any atom is 0.0871 e. The minimum absolute atomic E-state index is 0.641. The van der Waals surface area contributed by atoms with E-state index in [1.54, 1.807) is 0 Å². The zero-order chi connectivity index (χ0) is 11.1. The smallest absolute Gasteiger partial charge is 0.0871 e. The summed E-state index contributed by atoms with van der Waals surface area (Å²) in [5.41, 5.74) is 2.91. The van der Waals surface area contributed by atoms with Gasteiger partial charge in [0.15, 0.2) is 0 Å². The zero-order valence-corrected chi connectivity index (χ0v) is 9.88. The molecule has 1 aliphatic carbocycles. The van der Waals surface area contributed by atoms with Crippen LogP contribution in [0.5, 0.6) is 0 Å². The summed E-state index contributed by atoms with van der Waals surface area (Å²) < 4.78 is 0. The van der Waals surface area contributed by atoms with E-state index < -0.39 is 5.60 Å². The Hall–Kier alpha value is -0.820. The Balaban J connectivity index is 2.25. The molecule has 1 unspecified atom stereocenters. The lowest BCUT2D eigenvalue weighted by Crippen LogP contribution is -2.22. The van der Waals surface area contributed by atoms with Gasteiger partial charge in [-0.3, -0.25) is 0 Å². The van der Waals surface area contributed by atoms with E-state index in [0.717, 1.165) is 17.9 Å². The van der Waals surface area contributed by atoms with Crippen molar-refractivity contribution < 1.29 is 5.11 Å². The van der Waals surface area contributed by atoms with E-state index in [0.29, 0.717) is 0 Å². The molecule has 0 spiro atoms. The molecule has 1 atom stereocenters. The number of aliphatic hydroxyl groups is 1. The van der Waals surface area contributed by atoms with Crippen LogP contribution in [-0.2, 0) is 5.60 Å². The number of hydrogen-bond acceptors (Lipinski definition) is 1. The molecule has 1 heteroatoms. The molecule has 0 aromatic heterocycles. The second kappa shape index (κ2) is 3.64. The van der Waals surface area contributed by atoms with Crippen LogP contribution in [0.3, 0.4) is 0 Å². The first-order valence-electron chi connectivity index (χ1n) is 5.78. The first kappa shape index (κ1) is 10.7. The highest BCUT2D eigenvalue weighted by atomic mass is 16.3. The zero-order valence-electron chi connectivity index (χ0n) is 9.88. The van der Waals surface area contributed by atoms with Crippen LogP contribution >= 0.6 is 0 Å². The summed E-state index contributed by atoms with van der Waals surface area (Å²) in [4.78, 5) is 0. The second-order valence-electron chi connectivity index (χ2n) is 5.30. The molecule has 1 N–H and O–H groups in total. The molecular formula is C14H20O. The van der Waals surface area contributed by atoms with Crippen LogP contribution in [0, 0.1) is 19.8 Å². The van der Waals surface area contributed by atoms with Crippen molar-refractivity contribution in [3.63, 3.8) is 0 Å². The minimum atomic E-state index is -0.641. The summed E-state index contributed by atoms with van der Waals surface area (Å²) in [6, 6.07) is 6.36. The molecule has 1 fully saturated rings. The molecule has 1 nitrogen and oxygen atoms in total. The van der Waals surface area contributed by atoms with Crippen molar-refractivity contribution in [1.82, 2.24) is 0 Å². The van der Waals surface area contributed by atoms with Gasteiger partial charge in [-0.25, -0.2) is 0 Å². The molecule has 15 heavy (non-hydrogen) atoms. The van der Waals surface area contributed by atoms with Gasteiger partial charge in [-0.2, -0.15) is 0 Å². The number of hydrogen-bond donors (Lipinski definition) is 1. The van der Waals surface area contributed by atoms with E-state index in [2.05, 4.69) is 32.0 Å². The SMILES string of the molecule is Cc1cc(C)cc(C(C)(O)CC2CC2)c1. The van der Waals surface area contributed by atoms with Crippen molar-refractivity contribution in [2.45, 2.75) is 45.6 Å². The van der Waals surface area contributed by atoms with Gasteiger partial charge in [-0.1, -0.05) is 42.2 Å². The van der Waals surface area contributed by atoms with Gasteiger partial charge in [0.2, 0.25) is 0 Å². The largest absolute Gasteiger partial charge is 0.385 e. The fourth-order valence-electron chi connectivity index (χ4n) is 2.29. The van der Waals surface area contributed by atoms with Crippen molar-refractivity contribution in [3.8, 4) is 0 Å². The Morgan fingerprint density at radius 1 is 1.20 bits per heavy atom. The second-order valence-corrected chi connectivity index (χ2v) is 5.30. The van der Waals surface area contributed by atoms with Crippen LogP contribution in [0.1, 0.15) is 42.9 Å². The van der Waals surface area contributed by atoms with Gasteiger partial charge in [-0.15, -0.1) is 0 Å². The summed E-state index contributed by atoms with van der Waals surface area (Å²) in [5.74, 6) is 0.751. The minimum Gasteiger partial charge on any atom is -0.385 e. The first-order chi connectivity index (χ1) is 6.97.